The first-order chi connectivity index (χ1) is 10.2. The number of nitrogens with two attached hydrogens (primary N) is 1. The average Bonchev–Trinajstić information content (AvgIpc) is 2.53. The van der Waals surface area contributed by atoms with E-state index in [1.807, 2.05) is 36.4 Å². The Morgan fingerprint density at radius 1 is 1.00 bits per heavy atom. The maximum absolute atomic E-state index is 6.09. The van der Waals surface area contributed by atoms with E-state index in [9.17, 15) is 0 Å². The van der Waals surface area contributed by atoms with Gasteiger partial charge in [-0.1, -0.05) is 0 Å². The molecule has 0 unspecified atom stereocenters. The van der Waals surface area contributed by atoms with Gasteiger partial charge in [0.2, 0.25) is 0 Å². The highest BCUT2D eigenvalue weighted by molar-refractivity contribution is 5.88. The molecule has 0 saturated heterocycles. The van der Waals surface area contributed by atoms with Crippen molar-refractivity contribution in [2.24, 2.45) is 0 Å². The third-order valence-corrected chi connectivity index (χ3v) is 3.32. The molecule has 2 heterocycles. The van der Waals surface area contributed by atoms with E-state index >= 15 is 0 Å². The van der Waals surface area contributed by atoms with Gasteiger partial charge in [-0.05, 0) is 36.4 Å². The van der Waals surface area contributed by atoms with Crippen LogP contribution in [0.5, 0.6) is 11.5 Å². The lowest BCUT2D eigenvalue weighted by Gasteiger charge is -2.12. The van der Waals surface area contributed by atoms with Crippen LogP contribution in [0, 0.1) is 0 Å². The van der Waals surface area contributed by atoms with Gasteiger partial charge in [0.05, 0.1) is 14.2 Å². The highest BCUT2D eigenvalue weighted by Crippen LogP contribution is 2.36. The van der Waals surface area contributed by atoms with Crippen molar-refractivity contribution < 1.29 is 9.47 Å². The lowest BCUT2D eigenvalue weighted by Crippen LogP contribution is -1.98. The van der Waals surface area contributed by atoms with Gasteiger partial charge in [0.15, 0.2) is 5.65 Å². The van der Waals surface area contributed by atoms with Crippen molar-refractivity contribution >= 4 is 16.9 Å². The standard InChI is InChI=1S/C16H15N3O2/c1-20-11-5-6-14(21-2)12(9-11)13-8-10-4-3-7-18-16(10)19-15(13)17/h3-9H,1-2H3,(H2,17,18,19). The Kier molecular flexibility index (Phi) is 3.31. The maximum atomic E-state index is 6.09. The van der Waals surface area contributed by atoms with E-state index in [4.69, 9.17) is 15.2 Å². The van der Waals surface area contributed by atoms with E-state index < -0.39 is 0 Å². The summed E-state index contributed by atoms with van der Waals surface area (Å²) in [5, 5.41) is 0.923. The molecular formula is C16H15N3O2. The Morgan fingerprint density at radius 2 is 1.86 bits per heavy atom. The molecule has 2 aromatic heterocycles. The van der Waals surface area contributed by atoms with Crippen LogP contribution >= 0.6 is 0 Å². The van der Waals surface area contributed by atoms with Gasteiger partial charge in [0.25, 0.3) is 0 Å². The normalized spacial score (nSPS) is 10.6. The fourth-order valence-electron chi connectivity index (χ4n) is 2.26. The molecular weight excluding hydrogens is 266 g/mol. The molecule has 0 radical (unpaired) electrons. The summed E-state index contributed by atoms with van der Waals surface area (Å²) >= 11 is 0. The SMILES string of the molecule is COc1ccc(OC)c(-c2cc3cccnc3nc2N)c1. The monoisotopic (exact) mass is 281 g/mol. The highest BCUT2D eigenvalue weighted by atomic mass is 16.5. The third kappa shape index (κ3) is 2.33. The number of rotatable bonds is 3. The Balaban J connectivity index is 2.26. The predicted octanol–water partition coefficient (Wildman–Crippen LogP) is 2.90. The minimum absolute atomic E-state index is 0.410. The molecule has 0 atom stereocenters. The van der Waals surface area contributed by atoms with Crippen molar-refractivity contribution in [2.45, 2.75) is 0 Å². The molecule has 106 valence electrons. The molecule has 21 heavy (non-hydrogen) atoms. The summed E-state index contributed by atoms with van der Waals surface area (Å²) in [4.78, 5) is 8.56. The molecule has 0 aliphatic rings. The zero-order valence-electron chi connectivity index (χ0n) is 11.8. The Labute approximate surface area is 122 Å². The largest absolute Gasteiger partial charge is 0.497 e. The second-order valence-electron chi connectivity index (χ2n) is 4.54. The topological polar surface area (TPSA) is 70.3 Å². The van der Waals surface area contributed by atoms with E-state index in [0.29, 0.717) is 17.2 Å². The first kappa shape index (κ1) is 13.2. The molecule has 0 bridgehead atoms. The number of hydrogen-bond acceptors (Lipinski definition) is 5. The van der Waals surface area contributed by atoms with Crippen LogP contribution in [-0.2, 0) is 0 Å². The van der Waals surface area contributed by atoms with Gasteiger partial charge in [0, 0.05) is 22.7 Å². The fraction of sp³-hybridized carbons (Fsp3) is 0.125. The summed E-state index contributed by atoms with van der Waals surface area (Å²) < 4.78 is 10.7. The fourth-order valence-corrected chi connectivity index (χ4v) is 2.26. The summed E-state index contributed by atoms with van der Waals surface area (Å²) in [5.74, 6) is 1.86. The molecule has 0 aliphatic heterocycles. The van der Waals surface area contributed by atoms with Crippen molar-refractivity contribution in [3.05, 3.63) is 42.6 Å². The first-order valence-corrected chi connectivity index (χ1v) is 6.46. The number of pyridine rings is 2. The van der Waals surface area contributed by atoms with Crippen molar-refractivity contribution in [3.8, 4) is 22.6 Å². The van der Waals surface area contributed by atoms with E-state index in [-0.39, 0.29) is 0 Å². The van der Waals surface area contributed by atoms with Crippen LogP contribution in [0.3, 0.4) is 0 Å². The zero-order chi connectivity index (χ0) is 14.8. The van der Waals surface area contributed by atoms with Gasteiger partial charge >= 0.3 is 0 Å². The summed E-state index contributed by atoms with van der Waals surface area (Å²) in [6.45, 7) is 0. The smallest absolute Gasteiger partial charge is 0.161 e. The predicted molar refractivity (Wildman–Crippen MR) is 82.5 cm³/mol. The average molecular weight is 281 g/mol. The van der Waals surface area contributed by atoms with Crippen LogP contribution in [0.1, 0.15) is 0 Å². The summed E-state index contributed by atoms with van der Waals surface area (Å²) in [6, 6.07) is 11.4. The van der Waals surface area contributed by atoms with Gasteiger partial charge < -0.3 is 15.2 Å². The van der Waals surface area contributed by atoms with E-state index in [1.54, 1.807) is 20.4 Å². The van der Waals surface area contributed by atoms with Crippen LogP contribution in [-0.4, -0.2) is 24.2 Å². The van der Waals surface area contributed by atoms with Crippen molar-refractivity contribution in [1.29, 1.82) is 0 Å². The van der Waals surface area contributed by atoms with Gasteiger partial charge in [-0.2, -0.15) is 0 Å². The number of aromatic nitrogens is 2. The molecule has 3 rings (SSSR count). The molecule has 0 aliphatic carbocycles. The van der Waals surface area contributed by atoms with Crippen molar-refractivity contribution in [1.82, 2.24) is 9.97 Å². The number of ether oxygens (including phenoxy) is 2. The second kappa shape index (κ2) is 5.28. The quantitative estimate of drug-likeness (QED) is 0.799. The van der Waals surface area contributed by atoms with Gasteiger partial charge in [-0.25, -0.2) is 9.97 Å². The van der Waals surface area contributed by atoms with E-state index in [1.165, 1.54) is 0 Å². The number of fused-ring (bicyclic) bond motifs is 1. The molecule has 0 spiro atoms. The van der Waals surface area contributed by atoms with Crippen LogP contribution in [0.25, 0.3) is 22.2 Å². The molecule has 0 saturated carbocycles. The van der Waals surface area contributed by atoms with Gasteiger partial charge in [-0.3, -0.25) is 0 Å². The van der Waals surface area contributed by atoms with Crippen LogP contribution in [0.4, 0.5) is 5.82 Å². The molecule has 1 aromatic carbocycles. The number of nitrogen functional groups attached to an aromatic ring is 1. The van der Waals surface area contributed by atoms with Crippen molar-refractivity contribution in [3.63, 3.8) is 0 Å². The number of benzene rings is 1. The molecule has 3 aromatic rings. The summed E-state index contributed by atoms with van der Waals surface area (Å²) in [5.41, 5.74) is 8.35. The molecule has 5 nitrogen and oxygen atoms in total. The van der Waals surface area contributed by atoms with Crippen LogP contribution < -0.4 is 15.2 Å². The summed E-state index contributed by atoms with van der Waals surface area (Å²) in [7, 11) is 3.25. The Bertz CT molecular complexity index is 803. The number of hydrogen-bond donors (Lipinski definition) is 1. The first-order valence-electron chi connectivity index (χ1n) is 6.46. The van der Waals surface area contributed by atoms with E-state index in [0.717, 1.165) is 22.3 Å². The lowest BCUT2D eigenvalue weighted by atomic mass is 10.0. The number of methoxy groups -OCH3 is 2. The minimum Gasteiger partial charge on any atom is -0.497 e. The lowest BCUT2D eigenvalue weighted by molar-refractivity contribution is 0.404. The van der Waals surface area contributed by atoms with Crippen LogP contribution in [0.15, 0.2) is 42.6 Å². The summed E-state index contributed by atoms with van der Waals surface area (Å²) in [6.07, 6.45) is 1.70. The molecule has 0 fully saturated rings. The second-order valence-corrected chi connectivity index (χ2v) is 4.54. The van der Waals surface area contributed by atoms with Crippen molar-refractivity contribution in [2.75, 3.05) is 20.0 Å². The Morgan fingerprint density at radius 3 is 2.62 bits per heavy atom. The van der Waals surface area contributed by atoms with E-state index in [2.05, 4.69) is 9.97 Å². The highest BCUT2D eigenvalue weighted by Gasteiger charge is 2.13. The number of nitrogens with zero attached hydrogens (tertiary/aromatic N) is 2. The molecule has 5 heteroatoms. The minimum atomic E-state index is 0.410. The molecule has 2 N–H and O–H groups in total. The maximum Gasteiger partial charge on any atom is 0.161 e. The Hall–Kier alpha value is -2.82. The third-order valence-electron chi connectivity index (χ3n) is 3.32. The number of anilines is 1. The van der Waals surface area contributed by atoms with Crippen LogP contribution in [0.2, 0.25) is 0 Å². The zero-order valence-corrected chi connectivity index (χ0v) is 11.8. The van der Waals surface area contributed by atoms with Gasteiger partial charge in [-0.15, -0.1) is 0 Å². The molecule has 0 amide bonds. The van der Waals surface area contributed by atoms with Gasteiger partial charge in [0.1, 0.15) is 17.3 Å².